The van der Waals surface area contributed by atoms with Crippen LogP contribution in [-0.2, 0) is 4.79 Å². The summed E-state index contributed by atoms with van der Waals surface area (Å²) in [6.45, 7) is 0. The Hall–Kier alpha value is -2.12. The van der Waals surface area contributed by atoms with E-state index in [1.54, 1.807) is 0 Å². The Morgan fingerprint density at radius 1 is 1.17 bits per heavy atom. The number of halogens is 4. The van der Waals surface area contributed by atoms with Crippen molar-refractivity contribution in [2.45, 2.75) is 6.18 Å². The van der Waals surface area contributed by atoms with Crippen molar-refractivity contribution in [2.24, 2.45) is 0 Å². The highest BCUT2D eigenvalue weighted by Gasteiger charge is 2.38. The number of carboxylic acid groups (broad SMARTS) is 1. The highest BCUT2D eigenvalue weighted by molar-refractivity contribution is 5.93. The van der Waals surface area contributed by atoms with Crippen LogP contribution in [0.15, 0.2) is 24.3 Å². The molecule has 0 aliphatic heterocycles. The fraction of sp³-hybridized carbons (Fsp3) is 0.200. The van der Waals surface area contributed by atoms with Gasteiger partial charge >= 0.3 is 12.1 Å². The summed E-state index contributed by atoms with van der Waals surface area (Å²) < 4.78 is 44.1. The van der Waals surface area contributed by atoms with Crippen molar-refractivity contribution in [1.82, 2.24) is 5.32 Å². The summed E-state index contributed by atoms with van der Waals surface area (Å²) in [6, 6.07) is 5.39. The molecule has 0 fully saturated rings. The number of carbonyl (C=O) groups is 2. The van der Waals surface area contributed by atoms with E-state index in [0.717, 1.165) is 0 Å². The third kappa shape index (κ3) is 5.83. The Morgan fingerprint density at radius 3 is 1.83 bits per heavy atom. The predicted octanol–water partition coefficient (Wildman–Crippen LogP) is 1.82. The first-order valence-corrected chi connectivity index (χ1v) is 4.46. The molecule has 8 heteroatoms. The molecule has 4 nitrogen and oxygen atoms in total. The molecular weight excluding hydrogens is 258 g/mol. The molecule has 0 aliphatic carbocycles. The highest BCUT2D eigenvalue weighted by atomic mass is 19.4. The van der Waals surface area contributed by atoms with Gasteiger partial charge < -0.3 is 10.4 Å². The van der Waals surface area contributed by atoms with Crippen LogP contribution in [-0.4, -0.2) is 30.2 Å². The van der Waals surface area contributed by atoms with Gasteiger partial charge in [0.05, 0.1) is 0 Å². The lowest BCUT2D eigenvalue weighted by molar-refractivity contribution is -0.192. The van der Waals surface area contributed by atoms with Crippen molar-refractivity contribution in [3.05, 3.63) is 35.6 Å². The van der Waals surface area contributed by atoms with E-state index in [1.165, 1.54) is 31.3 Å². The van der Waals surface area contributed by atoms with Gasteiger partial charge in [-0.3, -0.25) is 4.79 Å². The number of carbonyl (C=O) groups excluding carboxylic acids is 1. The van der Waals surface area contributed by atoms with Gasteiger partial charge in [-0.05, 0) is 24.3 Å². The van der Waals surface area contributed by atoms with Crippen LogP contribution < -0.4 is 5.32 Å². The Balaban J connectivity index is 0.000000360. The Kier molecular flexibility index (Phi) is 5.80. The van der Waals surface area contributed by atoms with E-state index in [2.05, 4.69) is 5.32 Å². The predicted molar refractivity (Wildman–Crippen MR) is 53.5 cm³/mol. The lowest BCUT2D eigenvalue weighted by atomic mass is 10.2. The number of rotatable bonds is 1. The van der Waals surface area contributed by atoms with Gasteiger partial charge in [-0.15, -0.1) is 0 Å². The van der Waals surface area contributed by atoms with E-state index in [4.69, 9.17) is 9.90 Å². The smallest absolute Gasteiger partial charge is 0.475 e. The Bertz CT molecular complexity index is 414. The third-order valence-corrected chi connectivity index (χ3v) is 1.58. The number of nitrogens with one attached hydrogen (secondary N) is 1. The lowest BCUT2D eigenvalue weighted by Crippen LogP contribution is -2.21. The van der Waals surface area contributed by atoms with E-state index in [-0.39, 0.29) is 11.7 Å². The highest BCUT2D eigenvalue weighted by Crippen LogP contribution is 2.13. The fourth-order valence-electron chi connectivity index (χ4n) is 0.746. The molecule has 0 spiro atoms. The molecule has 100 valence electrons. The minimum atomic E-state index is -5.08. The zero-order chi connectivity index (χ0) is 14.3. The normalized spacial score (nSPS) is 10.1. The van der Waals surface area contributed by atoms with Gasteiger partial charge in [-0.1, -0.05) is 0 Å². The van der Waals surface area contributed by atoms with Crippen molar-refractivity contribution >= 4 is 11.9 Å². The Morgan fingerprint density at radius 2 is 1.56 bits per heavy atom. The lowest BCUT2D eigenvalue weighted by Gasteiger charge is -1.97. The topological polar surface area (TPSA) is 66.4 Å². The number of amides is 1. The molecule has 18 heavy (non-hydrogen) atoms. The maximum atomic E-state index is 12.3. The number of hydrogen-bond donors (Lipinski definition) is 2. The summed E-state index contributed by atoms with van der Waals surface area (Å²) in [7, 11) is 1.53. The summed E-state index contributed by atoms with van der Waals surface area (Å²) >= 11 is 0. The van der Waals surface area contributed by atoms with Crippen molar-refractivity contribution in [1.29, 1.82) is 0 Å². The van der Waals surface area contributed by atoms with Crippen LogP contribution in [0, 0.1) is 5.82 Å². The second kappa shape index (κ2) is 6.58. The van der Waals surface area contributed by atoms with Crippen LogP contribution >= 0.6 is 0 Å². The summed E-state index contributed by atoms with van der Waals surface area (Å²) in [6.07, 6.45) is -5.08. The monoisotopic (exact) mass is 267 g/mol. The molecule has 1 aromatic carbocycles. The number of hydrogen-bond acceptors (Lipinski definition) is 2. The van der Waals surface area contributed by atoms with Crippen LogP contribution in [0.4, 0.5) is 17.6 Å². The van der Waals surface area contributed by atoms with E-state index in [1.807, 2.05) is 0 Å². The maximum Gasteiger partial charge on any atom is 0.490 e. The van der Waals surface area contributed by atoms with Crippen LogP contribution in [0.2, 0.25) is 0 Å². The van der Waals surface area contributed by atoms with E-state index >= 15 is 0 Å². The van der Waals surface area contributed by atoms with E-state index < -0.39 is 12.1 Å². The zero-order valence-electron chi connectivity index (χ0n) is 9.08. The summed E-state index contributed by atoms with van der Waals surface area (Å²) in [5.74, 6) is -3.30. The average molecular weight is 267 g/mol. The minimum Gasteiger partial charge on any atom is -0.475 e. The first-order chi connectivity index (χ1) is 8.18. The maximum absolute atomic E-state index is 12.3. The largest absolute Gasteiger partial charge is 0.490 e. The molecule has 0 unspecified atom stereocenters. The molecule has 1 amide bonds. The quantitative estimate of drug-likeness (QED) is 0.763. The minimum absolute atomic E-state index is 0.204. The van der Waals surface area contributed by atoms with Gasteiger partial charge in [-0.25, -0.2) is 9.18 Å². The summed E-state index contributed by atoms with van der Waals surface area (Å²) in [4.78, 5) is 19.8. The van der Waals surface area contributed by atoms with Crippen LogP contribution in [0.3, 0.4) is 0 Å². The SMILES string of the molecule is CNC(=O)c1ccc(F)cc1.O=C(O)C(F)(F)F. The second-order valence-corrected chi connectivity index (χ2v) is 2.89. The molecule has 0 radical (unpaired) electrons. The standard InChI is InChI=1S/C8H8FNO.C2HF3O2/c1-10-8(11)6-2-4-7(9)5-3-6;3-2(4,5)1(6)7/h2-5H,1H3,(H,10,11);(H,6,7). The molecule has 0 aromatic heterocycles. The van der Waals surface area contributed by atoms with Crippen molar-refractivity contribution in [3.8, 4) is 0 Å². The van der Waals surface area contributed by atoms with Crippen LogP contribution in [0.5, 0.6) is 0 Å². The molecule has 0 saturated carbocycles. The van der Waals surface area contributed by atoms with Crippen molar-refractivity contribution < 1.29 is 32.3 Å². The average Bonchev–Trinajstić information content (AvgIpc) is 2.28. The van der Waals surface area contributed by atoms with Crippen LogP contribution in [0.25, 0.3) is 0 Å². The molecule has 1 rings (SSSR count). The van der Waals surface area contributed by atoms with Gasteiger partial charge in [-0.2, -0.15) is 13.2 Å². The number of alkyl halides is 3. The van der Waals surface area contributed by atoms with E-state index in [0.29, 0.717) is 5.56 Å². The molecular formula is C10H9F4NO3. The van der Waals surface area contributed by atoms with Gasteiger partial charge in [0.15, 0.2) is 0 Å². The van der Waals surface area contributed by atoms with Gasteiger partial charge in [0.1, 0.15) is 5.82 Å². The van der Waals surface area contributed by atoms with Gasteiger partial charge in [0.25, 0.3) is 5.91 Å². The van der Waals surface area contributed by atoms with E-state index in [9.17, 15) is 22.4 Å². The molecule has 0 saturated heterocycles. The third-order valence-electron chi connectivity index (χ3n) is 1.58. The second-order valence-electron chi connectivity index (χ2n) is 2.89. The molecule has 1 aromatic rings. The number of aliphatic carboxylic acids is 1. The zero-order valence-corrected chi connectivity index (χ0v) is 9.08. The molecule has 0 atom stereocenters. The molecule has 0 heterocycles. The summed E-state index contributed by atoms with van der Waals surface area (Å²) in [5, 5.41) is 9.56. The number of carboxylic acids is 1. The molecule has 0 bridgehead atoms. The van der Waals surface area contributed by atoms with Gasteiger partial charge in [0.2, 0.25) is 0 Å². The number of benzene rings is 1. The first-order valence-electron chi connectivity index (χ1n) is 4.46. The summed E-state index contributed by atoms with van der Waals surface area (Å²) in [5.41, 5.74) is 0.467. The van der Waals surface area contributed by atoms with Crippen molar-refractivity contribution in [3.63, 3.8) is 0 Å². The van der Waals surface area contributed by atoms with Crippen molar-refractivity contribution in [2.75, 3.05) is 7.05 Å². The van der Waals surface area contributed by atoms with Gasteiger partial charge in [0, 0.05) is 12.6 Å². The fourth-order valence-corrected chi connectivity index (χ4v) is 0.746. The Labute approximate surface area is 99.2 Å². The van der Waals surface area contributed by atoms with Crippen LogP contribution in [0.1, 0.15) is 10.4 Å². The molecule has 2 N–H and O–H groups in total. The first kappa shape index (κ1) is 15.9. The molecule has 0 aliphatic rings.